The van der Waals surface area contributed by atoms with Gasteiger partial charge in [0.25, 0.3) is 5.69 Å². The first-order valence-electron chi connectivity index (χ1n) is 5.18. The highest BCUT2D eigenvalue weighted by atomic mass is 16.6. The Balaban J connectivity index is 2.98. The number of nitro groups is 1. The van der Waals surface area contributed by atoms with Gasteiger partial charge in [-0.25, -0.2) is 4.79 Å². The van der Waals surface area contributed by atoms with Gasteiger partial charge in [0.15, 0.2) is 0 Å². The van der Waals surface area contributed by atoms with Crippen molar-refractivity contribution in [1.29, 1.82) is 0 Å². The van der Waals surface area contributed by atoms with Gasteiger partial charge in [0, 0.05) is 12.1 Å². The lowest BCUT2D eigenvalue weighted by molar-refractivity contribution is -0.384. The number of hydrogen-bond donors (Lipinski definition) is 0. The fourth-order valence-electron chi connectivity index (χ4n) is 1.37. The Morgan fingerprint density at radius 1 is 1.41 bits per heavy atom. The van der Waals surface area contributed by atoms with Crippen LogP contribution in [0.1, 0.15) is 19.4 Å². The lowest BCUT2D eigenvalue weighted by Crippen LogP contribution is -2.06. The quantitative estimate of drug-likeness (QED) is 0.348. The molecule has 0 unspecified atom stereocenters. The summed E-state index contributed by atoms with van der Waals surface area (Å²) in [6, 6.07) is 5.78. The van der Waals surface area contributed by atoms with Gasteiger partial charge in [0.1, 0.15) is 0 Å². The number of hydrogen-bond acceptors (Lipinski definition) is 4. The van der Waals surface area contributed by atoms with Crippen molar-refractivity contribution < 1.29 is 14.5 Å². The van der Waals surface area contributed by atoms with Gasteiger partial charge in [0.2, 0.25) is 0 Å². The van der Waals surface area contributed by atoms with Crippen LogP contribution in [0, 0.1) is 10.1 Å². The van der Waals surface area contributed by atoms with Crippen molar-refractivity contribution in [2.24, 2.45) is 0 Å². The van der Waals surface area contributed by atoms with Gasteiger partial charge in [-0.2, -0.15) is 0 Å². The first kappa shape index (κ1) is 12.9. The normalized spacial score (nSPS) is 11.1. The monoisotopic (exact) mass is 235 g/mol. The van der Waals surface area contributed by atoms with E-state index in [1.165, 1.54) is 24.3 Å². The van der Waals surface area contributed by atoms with Crippen LogP contribution in [0.4, 0.5) is 5.69 Å². The molecule has 0 aromatic heterocycles. The van der Waals surface area contributed by atoms with E-state index in [9.17, 15) is 14.9 Å². The van der Waals surface area contributed by atoms with Gasteiger partial charge >= 0.3 is 5.97 Å². The zero-order valence-corrected chi connectivity index (χ0v) is 9.67. The summed E-state index contributed by atoms with van der Waals surface area (Å²) in [5.41, 5.74) is 1.01. The molecule has 0 heterocycles. The minimum atomic E-state index is -0.483. The molecule has 5 heteroatoms. The molecule has 0 saturated carbocycles. The summed E-state index contributed by atoms with van der Waals surface area (Å²) < 4.78 is 4.89. The maximum absolute atomic E-state index is 11.6. The summed E-state index contributed by atoms with van der Waals surface area (Å²) in [4.78, 5) is 21.6. The van der Waals surface area contributed by atoms with Gasteiger partial charge in [0.05, 0.1) is 17.1 Å². The van der Waals surface area contributed by atoms with E-state index in [-0.39, 0.29) is 5.69 Å². The van der Waals surface area contributed by atoms with E-state index < -0.39 is 10.9 Å². The number of esters is 1. The molecule has 0 bridgehead atoms. The van der Waals surface area contributed by atoms with Crippen LogP contribution in [-0.2, 0) is 9.53 Å². The van der Waals surface area contributed by atoms with Crippen molar-refractivity contribution in [3.05, 3.63) is 46.0 Å². The average Bonchev–Trinajstić information content (AvgIpc) is 2.31. The summed E-state index contributed by atoms with van der Waals surface area (Å²) in [5.74, 6) is -0.427. The minimum Gasteiger partial charge on any atom is -0.462 e. The molecule has 0 aliphatic carbocycles. The van der Waals surface area contributed by atoms with E-state index in [2.05, 4.69) is 0 Å². The number of carbonyl (C=O) groups is 1. The molecule has 0 aliphatic rings. The second-order valence-corrected chi connectivity index (χ2v) is 3.23. The molecule has 0 amide bonds. The number of nitro benzene ring substituents is 1. The van der Waals surface area contributed by atoms with Crippen molar-refractivity contribution >= 4 is 17.2 Å². The Hall–Kier alpha value is -2.17. The number of carbonyl (C=O) groups excluding carboxylic acids is 1. The number of allylic oxidation sites excluding steroid dienone is 1. The predicted octanol–water partition coefficient (Wildman–Crippen LogP) is 2.56. The fraction of sp³-hybridized carbons (Fsp3) is 0.250. The van der Waals surface area contributed by atoms with Crippen molar-refractivity contribution in [2.75, 3.05) is 6.61 Å². The number of ether oxygens (including phenoxy) is 1. The van der Waals surface area contributed by atoms with E-state index in [1.807, 2.05) is 0 Å². The average molecular weight is 235 g/mol. The molecular weight excluding hydrogens is 222 g/mol. The Labute approximate surface area is 98.9 Å². The zero-order valence-electron chi connectivity index (χ0n) is 9.67. The molecule has 5 nitrogen and oxygen atoms in total. The molecule has 1 aromatic rings. The van der Waals surface area contributed by atoms with Gasteiger partial charge in [-0.1, -0.05) is 6.08 Å². The lowest BCUT2D eigenvalue weighted by atomic mass is 10.1. The van der Waals surface area contributed by atoms with E-state index in [4.69, 9.17) is 4.74 Å². The Morgan fingerprint density at radius 2 is 2.00 bits per heavy atom. The van der Waals surface area contributed by atoms with Crippen molar-refractivity contribution in [2.45, 2.75) is 13.8 Å². The van der Waals surface area contributed by atoms with Gasteiger partial charge in [-0.05, 0) is 31.5 Å². The maximum atomic E-state index is 11.6. The van der Waals surface area contributed by atoms with Crippen LogP contribution in [0.15, 0.2) is 30.3 Å². The Kier molecular flexibility index (Phi) is 4.39. The summed E-state index contributed by atoms with van der Waals surface area (Å²) >= 11 is 0. The van der Waals surface area contributed by atoms with Gasteiger partial charge < -0.3 is 4.74 Å². The molecule has 0 atom stereocenters. The van der Waals surface area contributed by atoms with Crippen LogP contribution in [0.25, 0.3) is 5.57 Å². The molecule has 0 N–H and O–H groups in total. The smallest absolute Gasteiger partial charge is 0.338 e. The molecule has 0 fully saturated rings. The second kappa shape index (κ2) is 5.79. The molecule has 0 saturated heterocycles. The van der Waals surface area contributed by atoms with Crippen molar-refractivity contribution in [3.8, 4) is 0 Å². The van der Waals surface area contributed by atoms with Crippen molar-refractivity contribution in [3.63, 3.8) is 0 Å². The van der Waals surface area contributed by atoms with E-state index in [0.29, 0.717) is 17.7 Å². The number of rotatable bonds is 4. The number of non-ortho nitro benzene ring substituents is 1. The zero-order chi connectivity index (χ0) is 12.8. The molecule has 1 rings (SSSR count). The minimum absolute atomic E-state index is 0.00642. The van der Waals surface area contributed by atoms with E-state index >= 15 is 0 Å². The highest BCUT2D eigenvalue weighted by Gasteiger charge is 2.13. The van der Waals surface area contributed by atoms with Crippen molar-refractivity contribution in [1.82, 2.24) is 0 Å². The standard InChI is InChI=1S/C12H13NO4/c1-3-11(12(14)17-4-2)9-5-7-10(8-6-9)13(15)16/h3,5-8H,4H2,1-2H3/b11-3-. The fourth-order valence-corrected chi connectivity index (χ4v) is 1.37. The van der Waals surface area contributed by atoms with E-state index in [0.717, 1.165) is 0 Å². The summed E-state index contributed by atoms with van der Waals surface area (Å²) in [6.07, 6.45) is 1.62. The Morgan fingerprint density at radius 3 is 2.41 bits per heavy atom. The molecule has 0 aliphatic heterocycles. The van der Waals surface area contributed by atoms with E-state index in [1.54, 1.807) is 19.9 Å². The Bertz CT molecular complexity index is 448. The first-order valence-corrected chi connectivity index (χ1v) is 5.18. The molecule has 0 spiro atoms. The van der Waals surface area contributed by atoms with Crippen LogP contribution in [0.5, 0.6) is 0 Å². The summed E-state index contributed by atoms with van der Waals surface area (Å²) in [6.45, 7) is 3.73. The third-order valence-corrected chi connectivity index (χ3v) is 2.17. The predicted molar refractivity (Wildman–Crippen MR) is 63.4 cm³/mol. The van der Waals surface area contributed by atoms with Crippen LogP contribution in [0.3, 0.4) is 0 Å². The third-order valence-electron chi connectivity index (χ3n) is 2.17. The maximum Gasteiger partial charge on any atom is 0.338 e. The first-order chi connectivity index (χ1) is 8.10. The summed E-state index contributed by atoms with van der Waals surface area (Å²) in [7, 11) is 0. The molecule has 1 aromatic carbocycles. The topological polar surface area (TPSA) is 69.4 Å². The van der Waals surface area contributed by atoms with Crippen LogP contribution in [0.2, 0.25) is 0 Å². The highest BCUT2D eigenvalue weighted by Crippen LogP contribution is 2.19. The number of nitrogens with zero attached hydrogens (tertiary/aromatic N) is 1. The second-order valence-electron chi connectivity index (χ2n) is 3.23. The number of benzene rings is 1. The molecule has 17 heavy (non-hydrogen) atoms. The van der Waals surface area contributed by atoms with Gasteiger partial charge in [-0.15, -0.1) is 0 Å². The third kappa shape index (κ3) is 3.14. The SMILES string of the molecule is C/C=C(\C(=O)OCC)c1ccc([N+](=O)[O-])cc1. The molecule has 0 radical (unpaired) electrons. The van der Waals surface area contributed by atoms with Crippen LogP contribution in [-0.4, -0.2) is 17.5 Å². The highest BCUT2D eigenvalue weighted by molar-refractivity contribution is 6.16. The van der Waals surface area contributed by atoms with Crippen LogP contribution < -0.4 is 0 Å². The van der Waals surface area contributed by atoms with Gasteiger partial charge in [-0.3, -0.25) is 10.1 Å². The molecule has 90 valence electrons. The van der Waals surface area contributed by atoms with Crippen LogP contribution >= 0.6 is 0 Å². The molecular formula is C12H13NO4. The lowest BCUT2D eigenvalue weighted by Gasteiger charge is -2.06. The largest absolute Gasteiger partial charge is 0.462 e. The summed E-state index contributed by atoms with van der Waals surface area (Å²) in [5, 5.41) is 10.5.